The molecule has 0 atom stereocenters. The molecule has 0 spiro atoms. The van der Waals surface area contributed by atoms with Crippen LogP contribution < -0.4 is 4.74 Å². The molecule has 0 bridgehead atoms. The largest absolute Gasteiger partial charge is 0.427 e. The van der Waals surface area contributed by atoms with E-state index in [4.69, 9.17) is 4.74 Å². The number of carbonyl (C=O) groups excluding carboxylic acids is 1. The molecule has 0 fully saturated rings. The Morgan fingerprint density at radius 3 is 2.44 bits per heavy atom. The average Bonchev–Trinajstić information content (AvgIpc) is 2.40. The molecule has 0 heterocycles. The van der Waals surface area contributed by atoms with Gasteiger partial charge in [0.1, 0.15) is 5.75 Å². The van der Waals surface area contributed by atoms with Crippen molar-refractivity contribution in [3.05, 3.63) is 65.7 Å². The summed E-state index contributed by atoms with van der Waals surface area (Å²) in [6.45, 7) is 1.79. The van der Waals surface area contributed by atoms with Gasteiger partial charge in [0.05, 0.1) is 0 Å². The zero-order valence-electron chi connectivity index (χ0n) is 10.4. The average molecular weight is 240 g/mol. The van der Waals surface area contributed by atoms with Crippen LogP contribution in [0.5, 0.6) is 5.75 Å². The van der Waals surface area contributed by atoms with E-state index in [0.717, 1.165) is 12.0 Å². The second kappa shape index (κ2) is 6.01. The lowest BCUT2D eigenvalue weighted by atomic mass is 10.1. The Balaban J connectivity index is 2.10. The van der Waals surface area contributed by atoms with Gasteiger partial charge in [-0.2, -0.15) is 0 Å². The standard InChI is InChI=1S/C16H16O2/c1-2-16(17)18-15-10-6-9-14(12-15)11-13-7-4-3-5-8-13/h3-10,12H,2,11H2,1H3. The molecule has 2 rings (SSSR count). The Morgan fingerprint density at radius 1 is 1.00 bits per heavy atom. The first-order valence-electron chi connectivity index (χ1n) is 6.11. The maximum atomic E-state index is 11.2. The summed E-state index contributed by atoms with van der Waals surface area (Å²) in [5.41, 5.74) is 2.39. The highest BCUT2D eigenvalue weighted by atomic mass is 16.5. The normalized spacial score (nSPS) is 10.1. The van der Waals surface area contributed by atoms with Crippen molar-refractivity contribution in [2.45, 2.75) is 19.8 Å². The summed E-state index contributed by atoms with van der Waals surface area (Å²) in [4.78, 5) is 11.2. The molecule has 0 aliphatic rings. The molecule has 0 aliphatic carbocycles. The van der Waals surface area contributed by atoms with Crippen molar-refractivity contribution in [2.75, 3.05) is 0 Å². The third-order valence-electron chi connectivity index (χ3n) is 2.67. The third-order valence-corrected chi connectivity index (χ3v) is 2.67. The first kappa shape index (κ1) is 12.4. The molecular formula is C16H16O2. The van der Waals surface area contributed by atoms with Gasteiger partial charge in [-0.15, -0.1) is 0 Å². The number of benzene rings is 2. The van der Waals surface area contributed by atoms with Gasteiger partial charge >= 0.3 is 5.97 Å². The predicted molar refractivity (Wildman–Crippen MR) is 71.6 cm³/mol. The van der Waals surface area contributed by atoms with Gasteiger partial charge < -0.3 is 4.74 Å². The highest BCUT2D eigenvalue weighted by Crippen LogP contribution is 2.17. The number of carbonyl (C=O) groups is 1. The third kappa shape index (κ3) is 3.45. The summed E-state index contributed by atoms with van der Waals surface area (Å²) < 4.78 is 5.20. The molecule has 0 saturated heterocycles. The van der Waals surface area contributed by atoms with Crippen molar-refractivity contribution >= 4 is 5.97 Å². The Hall–Kier alpha value is -2.09. The molecule has 0 N–H and O–H groups in total. The van der Waals surface area contributed by atoms with Crippen molar-refractivity contribution in [2.24, 2.45) is 0 Å². The van der Waals surface area contributed by atoms with Crippen LogP contribution in [0.25, 0.3) is 0 Å². The van der Waals surface area contributed by atoms with Crippen LogP contribution in [0.3, 0.4) is 0 Å². The lowest BCUT2D eigenvalue weighted by molar-refractivity contribution is -0.134. The van der Waals surface area contributed by atoms with Gasteiger partial charge in [0, 0.05) is 6.42 Å². The second-order valence-corrected chi connectivity index (χ2v) is 4.14. The minimum Gasteiger partial charge on any atom is -0.427 e. The molecule has 18 heavy (non-hydrogen) atoms. The maximum absolute atomic E-state index is 11.2. The molecule has 2 aromatic rings. The van der Waals surface area contributed by atoms with E-state index >= 15 is 0 Å². The van der Waals surface area contributed by atoms with Gasteiger partial charge in [-0.25, -0.2) is 0 Å². The van der Waals surface area contributed by atoms with Gasteiger partial charge in [-0.3, -0.25) is 4.79 Å². The molecule has 2 nitrogen and oxygen atoms in total. The van der Waals surface area contributed by atoms with Gasteiger partial charge in [-0.05, 0) is 29.7 Å². The summed E-state index contributed by atoms with van der Waals surface area (Å²) in [7, 11) is 0. The molecule has 0 aliphatic heterocycles. The lowest BCUT2D eigenvalue weighted by Crippen LogP contribution is -2.05. The molecule has 92 valence electrons. The first-order chi connectivity index (χ1) is 8.78. The van der Waals surface area contributed by atoms with Gasteiger partial charge in [0.25, 0.3) is 0 Å². The van der Waals surface area contributed by atoms with Crippen molar-refractivity contribution < 1.29 is 9.53 Å². The van der Waals surface area contributed by atoms with E-state index in [1.807, 2.05) is 42.5 Å². The van der Waals surface area contributed by atoms with Crippen molar-refractivity contribution in [1.82, 2.24) is 0 Å². The quantitative estimate of drug-likeness (QED) is 0.603. The van der Waals surface area contributed by atoms with Crippen molar-refractivity contribution in [3.63, 3.8) is 0 Å². The van der Waals surface area contributed by atoms with E-state index in [1.165, 1.54) is 5.56 Å². The van der Waals surface area contributed by atoms with Crippen molar-refractivity contribution in [1.29, 1.82) is 0 Å². The summed E-state index contributed by atoms with van der Waals surface area (Å²) >= 11 is 0. The lowest BCUT2D eigenvalue weighted by Gasteiger charge is -2.06. The molecule has 0 unspecified atom stereocenters. The summed E-state index contributed by atoms with van der Waals surface area (Å²) in [5, 5.41) is 0. The topological polar surface area (TPSA) is 26.3 Å². The Bertz CT molecular complexity index is 518. The van der Waals surface area contributed by atoms with E-state index in [2.05, 4.69) is 12.1 Å². The van der Waals surface area contributed by atoms with Crippen LogP contribution >= 0.6 is 0 Å². The fourth-order valence-corrected chi connectivity index (χ4v) is 1.75. The summed E-state index contributed by atoms with van der Waals surface area (Å²) in [5.74, 6) is 0.419. The van der Waals surface area contributed by atoms with E-state index in [-0.39, 0.29) is 5.97 Å². The SMILES string of the molecule is CCC(=O)Oc1cccc(Cc2ccccc2)c1. The zero-order chi connectivity index (χ0) is 12.8. The van der Waals surface area contributed by atoms with E-state index < -0.39 is 0 Å². The molecule has 0 radical (unpaired) electrons. The fraction of sp³-hybridized carbons (Fsp3) is 0.188. The fourth-order valence-electron chi connectivity index (χ4n) is 1.75. The number of rotatable bonds is 4. The Morgan fingerprint density at radius 2 is 1.72 bits per heavy atom. The van der Waals surface area contributed by atoms with Crippen molar-refractivity contribution in [3.8, 4) is 5.75 Å². The summed E-state index contributed by atoms with van der Waals surface area (Å²) in [6, 6.07) is 17.9. The molecule has 0 aromatic heterocycles. The van der Waals surface area contributed by atoms with E-state index in [1.54, 1.807) is 6.92 Å². The van der Waals surface area contributed by atoms with Gasteiger partial charge in [0.15, 0.2) is 0 Å². The summed E-state index contributed by atoms with van der Waals surface area (Å²) in [6.07, 6.45) is 1.24. The number of hydrogen-bond acceptors (Lipinski definition) is 2. The molecule has 0 amide bonds. The smallest absolute Gasteiger partial charge is 0.310 e. The zero-order valence-corrected chi connectivity index (χ0v) is 10.4. The monoisotopic (exact) mass is 240 g/mol. The number of ether oxygens (including phenoxy) is 1. The van der Waals surface area contributed by atoms with Crippen LogP contribution in [-0.2, 0) is 11.2 Å². The second-order valence-electron chi connectivity index (χ2n) is 4.14. The Kier molecular flexibility index (Phi) is 4.13. The van der Waals surface area contributed by atoms with Crippen LogP contribution in [0.2, 0.25) is 0 Å². The molecule has 0 saturated carbocycles. The van der Waals surface area contributed by atoms with Crippen LogP contribution in [-0.4, -0.2) is 5.97 Å². The minimum atomic E-state index is -0.202. The van der Waals surface area contributed by atoms with Crippen LogP contribution in [0.1, 0.15) is 24.5 Å². The van der Waals surface area contributed by atoms with Gasteiger partial charge in [0.2, 0.25) is 0 Å². The molecular weight excluding hydrogens is 224 g/mol. The van der Waals surface area contributed by atoms with E-state index in [9.17, 15) is 4.79 Å². The highest BCUT2D eigenvalue weighted by molar-refractivity contribution is 5.71. The highest BCUT2D eigenvalue weighted by Gasteiger charge is 2.03. The molecule has 2 heteroatoms. The van der Waals surface area contributed by atoms with Gasteiger partial charge in [-0.1, -0.05) is 49.4 Å². The number of hydrogen-bond donors (Lipinski definition) is 0. The first-order valence-corrected chi connectivity index (χ1v) is 6.11. The predicted octanol–water partition coefficient (Wildman–Crippen LogP) is 3.59. The Labute approximate surface area is 107 Å². The van der Waals surface area contributed by atoms with Crippen LogP contribution in [0.15, 0.2) is 54.6 Å². The van der Waals surface area contributed by atoms with Crippen LogP contribution in [0.4, 0.5) is 0 Å². The van der Waals surface area contributed by atoms with E-state index in [0.29, 0.717) is 12.2 Å². The van der Waals surface area contributed by atoms with Crippen LogP contribution in [0, 0.1) is 0 Å². The number of esters is 1. The minimum absolute atomic E-state index is 0.202. The maximum Gasteiger partial charge on any atom is 0.310 e. The molecule has 2 aromatic carbocycles.